The Balaban J connectivity index is -0.0000000275. The Morgan fingerprint density at radius 3 is 1.33 bits per heavy atom. The monoisotopic (exact) mass is 104 g/mol. The van der Waals surface area contributed by atoms with Crippen molar-refractivity contribution < 1.29 is 15.6 Å². The number of rotatable bonds is 0. The second-order valence-electron chi connectivity index (χ2n) is 0.316. The van der Waals surface area contributed by atoms with Gasteiger partial charge >= 0.3 is 29.6 Å². The van der Waals surface area contributed by atoms with Gasteiger partial charge in [-0.1, -0.05) is 0 Å². The van der Waals surface area contributed by atoms with Crippen molar-refractivity contribution in [2.24, 2.45) is 0 Å². The molecule has 0 rings (SSSR count). The predicted octanol–water partition coefficient (Wildman–Crippen LogP) is -0.633. The molecular weight excluding hydrogens is 95.0 g/mol. The van der Waals surface area contributed by atoms with E-state index in [1.165, 1.54) is 0 Å². The second kappa shape index (κ2) is 39.6. The first kappa shape index (κ1) is 15.8. The summed E-state index contributed by atoms with van der Waals surface area (Å²) in [6.07, 6.45) is 0. The molecular formula is C2H9NaO3. The maximum absolute atomic E-state index is 7.57. The molecule has 0 spiro atoms. The van der Waals surface area contributed by atoms with Crippen molar-refractivity contribution in [2.75, 3.05) is 6.61 Å². The summed E-state index contributed by atoms with van der Waals surface area (Å²) in [7, 11) is 0. The summed E-state index contributed by atoms with van der Waals surface area (Å²) >= 11 is 0. The summed E-state index contributed by atoms with van der Waals surface area (Å²) < 4.78 is 0. The summed E-state index contributed by atoms with van der Waals surface area (Å²) in [6, 6.07) is 0. The average Bonchev–Trinajstić information content (AvgIpc) is 1.46. The topological polar surface area (TPSA) is 60.7 Å². The first-order valence-corrected chi connectivity index (χ1v) is 1.22. The van der Waals surface area contributed by atoms with Crippen molar-refractivity contribution in [2.45, 2.75) is 6.92 Å². The van der Waals surface area contributed by atoms with Gasteiger partial charge in [-0.3, -0.25) is 10.5 Å². The Kier molecular flexibility index (Phi) is 104. The molecule has 0 aliphatic carbocycles. The van der Waals surface area contributed by atoms with Crippen molar-refractivity contribution in [3.05, 3.63) is 0 Å². The molecule has 0 radical (unpaired) electrons. The van der Waals surface area contributed by atoms with Crippen molar-refractivity contribution >= 4 is 29.6 Å². The third kappa shape index (κ3) is 94.9. The molecule has 0 unspecified atom stereocenters. The molecule has 36 valence electrons. The van der Waals surface area contributed by atoms with Gasteiger partial charge in [-0.05, 0) is 6.92 Å². The molecule has 0 aliphatic heterocycles. The Labute approximate surface area is 58.8 Å². The van der Waals surface area contributed by atoms with E-state index >= 15 is 0 Å². The number of aliphatic hydroxyl groups is 1. The molecule has 0 bridgehead atoms. The first-order chi connectivity index (χ1) is 2.41. The van der Waals surface area contributed by atoms with E-state index in [9.17, 15) is 0 Å². The Morgan fingerprint density at radius 1 is 1.33 bits per heavy atom. The zero-order valence-electron chi connectivity index (χ0n) is 3.05. The van der Waals surface area contributed by atoms with Gasteiger partial charge in [-0.25, -0.2) is 0 Å². The zero-order valence-corrected chi connectivity index (χ0v) is 3.05. The summed E-state index contributed by atoms with van der Waals surface area (Å²) in [5, 5.41) is 19.6. The minimum atomic E-state index is 0. The van der Waals surface area contributed by atoms with Crippen LogP contribution in [-0.2, 0) is 0 Å². The predicted molar refractivity (Wildman–Crippen MR) is 25.2 cm³/mol. The Morgan fingerprint density at radius 2 is 1.33 bits per heavy atom. The zero-order chi connectivity index (χ0) is 4.71. The minimum absolute atomic E-state index is 0. The van der Waals surface area contributed by atoms with Crippen LogP contribution in [0.2, 0.25) is 0 Å². The third-order valence-corrected chi connectivity index (χ3v) is 0. The molecule has 3 N–H and O–H groups in total. The van der Waals surface area contributed by atoms with Gasteiger partial charge in [-0.15, -0.1) is 0 Å². The van der Waals surface area contributed by atoms with E-state index in [4.69, 9.17) is 15.6 Å². The molecule has 0 aromatic carbocycles. The van der Waals surface area contributed by atoms with Gasteiger partial charge in [0, 0.05) is 6.61 Å². The molecule has 0 atom stereocenters. The summed E-state index contributed by atoms with van der Waals surface area (Å²) in [6.45, 7) is 1.93. The Hall–Kier alpha value is 0.880. The number of hydrogen-bond acceptors (Lipinski definition) is 3. The molecule has 3 nitrogen and oxygen atoms in total. The van der Waals surface area contributed by atoms with Crippen LogP contribution in [0, 0.1) is 0 Å². The molecule has 0 heterocycles. The van der Waals surface area contributed by atoms with E-state index in [2.05, 4.69) is 0 Å². The number of aliphatic hydroxyl groups excluding tert-OH is 1. The van der Waals surface area contributed by atoms with Crippen LogP contribution < -0.4 is 0 Å². The summed E-state index contributed by atoms with van der Waals surface area (Å²) in [5.74, 6) is 0. The van der Waals surface area contributed by atoms with Crippen molar-refractivity contribution in [3.8, 4) is 0 Å². The van der Waals surface area contributed by atoms with Gasteiger partial charge in [0.25, 0.3) is 0 Å². The van der Waals surface area contributed by atoms with Crippen LogP contribution in [0.3, 0.4) is 0 Å². The van der Waals surface area contributed by atoms with E-state index in [0.29, 0.717) is 0 Å². The van der Waals surface area contributed by atoms with Crippen LogP contribution in [0.15, 0.2) is 0 Å². The summed E-state index contributed by atoms with van der Waals surface area (Å²) in [5.41, 5.74) is 0. The quantitative estimate of drug-likeness (QED) is 0.218. The van der Waals surface area contributed by atoms with Crippen molar-refractivity contribution in [3.63, 3.8) is 0 Å². The molecule has 0 saturated heterocycles. The Bertz CT molecular complexity index is 8.75. The van der Waals surface area contributed by atoms with Gasteiger partial charge < -0.3 is 5.11 Å². The number of hydrogen-bond donors (Lipinski definition) is 3. The van der Waals surface area contributed by atoms with Crippen molar-refractivity contribution in [1.29, 1.82) is 0 Å². The fraction of sp³-hybridized carbons (Fsp3) is 1.00. The van der Waals surface area contributed by atoms with Gasteiger partial charge in [0.05, 0.1) is 0 Å². The SMILES string of the molecule is CCO.OO.[NaH]. The molecule has 0 amide bonds. The average molecular weight is 104 g/mol. The van der Waals surface area contributed by atoms with Crippen LogP contribution in [0.1, 0.15) is 6.92 Å². The molecule has 0 saturated carbocycles. The second-order valence-corrected chi connectivity index (χ2v) is 0.316. The van der Waals surface area contributed by atoms with E-state index in [1.807, 2.05) is 0 Å². The van der Waals surface area contributed by atoms with E-state index in [1.54, 1.807) is 6.92 Å². The fourth-order valence-electron chi connectivity index (χ4n) is 0. The van der Waals surface area contributed by atoms with Gasteiger partial charge in [-0.2, -0.15) is 0 Å². The van der Waals surface area contributed by atoms with Crippen LogP contribution in [0.5, 0.6) is 0 Å². The molecule has 4 heteroatoms. The molecule has 0 fully saturated rings. The van der Waals surface area contributed by atoms with E-state index < -0.39 is 0 Å². The molecule has 0 aliphatic rings. The van der Waals surface area contributed by atoms with Crippen LogP contribution in [0.4, 0.5) is 0 Å². The van der Waals surface area contributed by atoms with E-state index in [0.717, 1.165) is 0 Å². The molecule has 0 aromatic rings. The van der Waals surface area contributed by atoms with Crippen LogP contribution in [0.25, 0.3) is 0 Å². The van der Waals surface area contributed by atoms with Crippen molar-refractivity contribution in [1.82, 2.24) is 0 Å². The summed E-state index contributed by atoms with van der Waals surface area (Å²) in [4.78, 5) is 0. The van der Waals surface area contributed by atoms with Gasteiger partial charge in [0.15, 0.2) is 0 Å². The van der Waals surface area contributed by atoms with Crippen LogP contribution in [-0.4, -0.2) is 51.8 Å². The first-order valence-electron chi connectivity index (χ1n) is 1.22. The molecule has 0 aromatic heterocycles. The van der Waals surface area contributed by atoms with Gasteiger partial charge in [0.2, 0.25) is 0 Å². The standard InChI is InChI=1S/C2H6O.Na.H2O2.H/c1-2-3;;1-2;/h3H,2H2,1H3;;1-2H;. The third-order valence-electron chi connectivity index (χ3n) is 0. The van der Waals surface area contributed by atoms with E-state index in [-0.39, 0.29) is 36.2 Å². The fourth-order valence-corrected chi connectivity index (χ4v) is 0. The van der Waals surface area contributed by atoms with Crippen LogP contribution >= 0.6 is 0 Å². The normalized spacial score (nSPS) is 4.00. The maximum atomic E-state index is 7.57. The molecule has 6 heavy (non-hydrogen) atoms. The van der Waals surface area contributed by atoms with Gasteiger partial charge in [0.1, 0.15) is 0 Å².